The van der Waals surface area contributed by atoms with Gasteiger partial charge >= 0.3 is 5.97 Å². The third kappa shape index (κ3) is 4.30. The Balaban J connectivity index is 1.96. The number of ether oxygens (including phenoxy) is 3. The number of carbonyl (C=O) groups is 1. The molecule has 3 aromatic carbocycles. The van der Waals surface area contributed by atoms with Crippen molar-refractivity contribution in [2.45, 2.75) is 13.8 Å². The minimum atomic E-state index is -0.726. The first kappa shape index (κ1) is 22.4. The monoisotopic (exact) mass is 464 g/mol. The van der Waals surface area contributed by atoms with Gasteiger partial charge in [0.25, 0.3) is 0 Å². The van der Waals surface area contributed by atoms with E-state index in [4.69, 9.17) is 30.2 Å². The Morgan fingerprint density at radius 1 is 0.939 bits per heavy atom. The quantitative estimate of drug-likeness (QED) is 0.339. The Labute approximate surface area is 195 Å². The fraction of sp³-hybridized carbons (Fsp3) is 0.154. The van der Waals surface area contributed by atoms with Crippen LogP contribution in [0.3, 0.4) is 0 Å². The van der Waals surface area contributed by atoms with Crippen LogP contribution in [0.2, 0.25) is 5.02 Å². The van der Waals surface area contributed by atoms with Crippen molar-refractivity contribution in [2.24, 2.45) is 0 Å². The number of aryl methyl sites for hydroxylation is 2. The summed E-state index contributed by atoms with van der Waals surface area (Å²) in [4.78, 5) is 26.4. The lowest BCUT2D eigenvalue weighted by atomic mass is 10.0. The highest BCUT2D eigenvalue weighted by Gasteiger charge is 2.23. The Bertz CT molecular complexity index is 1440. The summed E-state index contributed by atoms with van der Waals surface area (Å²) in [6, 6.07) is 15.0. The van der Waals surface area contributed by atoms with Crippen LogP contribution in [0.4, 0.5) is 0 Å². The first-order valence-corrected chi connectivity index (χ1v) is 10.5. The average Bonchev–Trinajstić information content (AvgIpc) is 2.79. The molecular weight excluding hydrogens is 444 g/mol. The van der Waals surface area contributed by atoms with Crippen LogP contribution >= 0.6 is 11.6 Å². The Morgan fingerprint density at radius 2 is 1.70 bits per heavy atom. The summed E-state index contributed by atoms with van der Waals surface area (Å²) in [5, 5.41) is 0.722. The van der Waals surface area contributed by atoms with Gasteiger partial charge in [0.05, 0.1) is 25.2 Å². The van der Waals surface area contributed by atoms with Crippen LogP contribution < -0.4 is 19.6 Å². The van der Waals surface area contributed by atoms with E-state index in [-0.39, 0.29) is 17.1 Å². The summed E-state index contributed by atoms with van der Waals surface area (Å²) in [6.45, 7) is 3.72. The molecule has 0 amide bonds. The lowest BCUT2D eigenvalue weighted by molar-refractivity contribution is 0.0731. The van der Waals surface area contributed by atoms with Gasteiger partial charge in [0, 0.05) is 10.6 Å². The largest absolute Gasteiger partial charge is 0.493 e. The molecule has 0 fully saturated rings. The summed E-state index contributed by atoms with van der Waals surface area (Å²) in [5.74, 6) is 0.106. The standard InChI is InChI=1S/C26H21ClO6/c1-14-10-15(2)22-21(11-14)32-24(16-8-9-19(30-3)20(13-16)31-4)25(23(22)28)33-26(29)17-6-5-7-18(27)12-17/h5-13H,1-4H3. The van der Waals surface area contributed by atoms with Crippen LogP contribution in [0.1, 0.15) is 21.5 Å². The predicted molar refractivity (Wildman–Crippen MR) is 127 cm³/mol. The minimum Gasteiger partial charge on any atom is -0.493 e. The van der Waals surface area contributed by atoms with Gasteiger partial charge in [-0.1, -0.05) is 23.7 Å². The van der Waals surface area contributed by atoms with Crippen molar-refractivity contribution < 1.29 is 23.4 Å². The molecule has 168 valence electrons. The predicted octanol–water partition coefficient (Wildman–Crippen LogP) is 5.97. The van der Waals surface area contributed by atoms with Gasteiger partial charge in [-0.05, 0) is 67.4 Å². The number of fused-ring (bicyclic) bond motifs is 1. The highest BCUT2D eigenvalue weighted by molar-refractivity contribution is 6.30. The molecule has 0 unspecified atom stereocenters. The molecular formula is C26H21ClO6. The molecule has 0 N–H and O–H groups in total. The van der Waals surface area contributed by atoms with E-state index in [1.54, 1.807) is 42.5 Å². The van der Waals surface area contributed by atoms with E-state index in [1.807, 2.05) is 19.9 Å². The number of benzene rings is 3. The molecule has 0 bridgehead atoms. The highest BCUT2D eigenvalue weighted by atomic mass is 35.5. The van der Waals surface area contributed by atoms with E-state index in [0.29, 0.717) is 33.1 Å². The molecule has 0 aliphatic rings. The van der Waals surface area contributed by atoms with Gasteiger partial charge in [-0.15, -0.1) is 0 Å². The zero-order valence-corrected chi connectivity index (χ0v) is 19.3. The molecule has 0 saturated heterocycles. The Morgan fingerprint density at radius 3 is 2.39 bits per heavy atom. The number of hydrogen-bond acceptors (Lipinski definition) is 6. The highest BCUT2D eigenvalue weighted by Crippen LogP contribution is 2.37. The van der Waals surface area contributed by atoms with Gasteiger partial charge in [0.2, 0.25) is 11.2 Å². The molecule has 33 heavy (non-hydrogen) atoms. The zero-order chi connectivity index (χ0) is 23.7. The van der Waals surface area contributed by atoms with Crippen molar-refractivity contribution in [2.75, 3.05) is 14.2 Å². The lowest BCUT2D eigenvalue weighted by Crippen LogP contribution is -2.17. The summed E-state index contributed by atoms with van der Waals surface area (Å²) in [7, 11) is 3.03. The van der Waals surface area contributed by atoms with E-state index in [0.717, 1.165) is 11.1 Å². The van der Waals surface area contributed by atoms with Gasteiger partial charge < -0.3 is 18.6 Å². The number of esters is 1. The molecule has 1 heterocycles. The summed E-state index contributed by atoms with van der Waals surface area (Å²) in [5.41, 5.74) is 2.29. The maximum atomic E-state index is 13.5. The van der Waals surface area contributed by atoms with Crippen molar-refractivity contribution in [3.63, 3.8) is 0 Å². The molecule has 6 nitrogen and oxygen atoms in total. The van der Waals surface area contributed by atoms with E-state index >= 15 is 0 Å². The van der Waals surface area contributed by atoms with E-state index in [1.165, 1.54) is 20.3 Å². The van der Waals surface area contributed by atoms with Gasteiger partial charge in [0.15, 0.2) is 17.3 Å². The minimum absolute atomic E-state index is 0.105. The number of halogens is 1. The fourth-order valence-electron chi connectivity index (χ4n) is 3.70. The maximum absolute atomic E-state index is 13.5. The number of methoxy groups -OCH3 is 2. The van der Waals surface area contributed by atoms with E-state index in [2.05, 4.69) is 0 Å². The molecule has 4 rings (SSSR count). The Kier molecular flexibility index (Phi) is 6.11. The SMILES string of the molecule is COc1ccc(-c2oc3cc(C)cc(C)c3c(=O)c2OC(=O)c2cccc(Cl)c2)cc1OC. The third-order valence-electron chi connectivity index (χ3n) is 5.20. The molecule has 0 radical (unpaired) electrons. The first-order chi connectivity index (χ1) is 15.8. The summed E-state index contributed by atoms with van der Waals surface area (Å²) >= 11 is 6.01. The normalized spacial score (nSPS) is 10.8. The molecule has 7 heteroatoms. The molecule has 0 saturated carbocycles. The van der Waals surface area contributed by atoms with Crippen LogP contribution in [0.15, 0.2) is 63.8 Å². The van der Waals surface area contributed by atoms with Crippen LogP contribution in [0, 0.1) is 13.8 Å². The van der Waals surface area contributed by atoms with Crippen LogP contribution in [0.25, 0.3) is 22.3 Å². The zero-order valence-electron chi connectivity index (χ0n) is 18.5. The van der Waals surface area contributed by atoms with Crippen molar-refractivity contribution in [3.8, 4) is 28.6 Å². The van der Waals surface area contributed by atoms with Gasteiger partial charge in [-0.2, -0.15) is 0 Å². The number of hydrogen-bond donors (Lipinski definition) is 0. The lowest BCUT2D eigenvalue weighted by Gasteiger charge is -2.14. The molecule has 0 aliphatic heterocycles. The second-order valence-corrected chi connectivity index (χ2v) is 7.95. The third-order valence-corrected chi connectivity index (χ3v) is 5.43. The molecule has 0 aliphatic carbocycles. The molecule has 0 atom stereocenters. The van der Waals surface area contributed by atoms with Crippen molar-refractivity contribution >= 4 is 28.5 Å². The van der Waals surface area contributed by atoms with Crippen LogP contribution in [0.5, 0.6) is 17.2 Å². The maximum Gasteiger partial charge on any atom is 0.343 e. The first-order valence-electron chi connectivity index (χ1n) is 10.1. The number of carbonyl (C=O) groups excluding carboxylic acids is 1. The van der Waals surface area contributed by atoms with Gasteiger partial charge in [-0.25, -0.2) is 4.79 Å². The summed E-state index contributed by atoms with van der Waals surface area (Å²) < 4.78 is 22.5. The molecule has 1 aromatic heterocycles. The van der Waals surface area contributed by atoms with Crippen molar-refractivity contribution in [1.82, 2.24) is 0 Å². The topological polar surface area (TPSA) is 75.0 Å². The van der Waals surface area contributed by atoms with Gasteiger partial charge in [-0.3, -0.25) is 4.79 Å². The Hall–Kier alpha value is -3.77. The molecule has 4 aromatic rings. The van der Waals surface area contributed by atoms with Crippen molar-refractivity contribution in [1.29, 1.82) is 0 Å². The summed E-state index contributed by atoms with van der Waals surface area (Å²) in [6.07, 6.45) is 0. The van der Waals surface area contributed by atoms with Crippen LogP contribution in [-0.4, -0.2) is 20.2 Å². The van der Waals surface area contributed by atoms with Crippen molar-refractivity contribution in [3.05, 3.63) is 86.5 Å². The second kappa shape index (κ2) is 9.00. The number of rotatable bonds is 5. The smallest absolute Gasteiger partial charge is 0.343 e. The average molecular weight is 465 g/mol. The second-order valence-electron chi connectivity index (χ2n) is 7.51. The molecule has 0 spiro atoms. The van der Waals surface area contributed by atoms with E-state index in [9.17, 15) is 9.59 Å². The van der Waals surface area contributed by atoms with E-state index < -0.39 is 11.4 Å². The fourth-order valence-corrected chi connectivity index (χ4v) is 3.89. The van der Waals surface area contributed by atoms with Gasteiger partial charge in [0.1, 0.15) is 5.58 Å². The van der Waals surface area contributed by atoms with Crippen LogP contribution in [-0.2, 0) is 0 Å².